The zero-order valence-electron chi connectivity index (χ0n) is 21.5. The Balaban J connectivity index is 1.78. The zero-order chi connectivity index (χ0) is 25.8. The highest BCUT2D eigenvalue weighted by molar-refractivity contribution is 7.89. The number of sulfonamides is 1. The second kappa shape index (κ2) is 11.2. The lowest BCUT2D eigenvalue weighted by molar-refractivity contribution is 0.0773. The fraction of sp³-hybridized carbons (Fsp3) is 0.464. The smallest absolute Gasteiger partial charge is 0.253 e. The molecule has 1 spiro atoms. The van der Waals surface area contributed by atoms with Gasteiger partial charge >= 0.3 is 0 Å². The molecule has 1 saturated heterocycles. The summed E-state index contributed by atoms with van der Waals surface area (Å²) in [6.07, 6.45) is 5.57. The standard InChI is InChI=1S/C28H37N3O4S/c1-4-16-30-36(33,34)23-12-13-26-24(19-23)25(20-28(35-26)14-7-17-29-18-15-28)21-8-10-22(11-9-21)27(32)31(5-2)6-3/h8-13,19-20,29-30H,4-7,14-18H2,1-3H3. The Bertz CT molecular complexity index is 1210. The molecule has 0 bridgehead atoms. The molecule has 0 aliphatic carbocycles. The maximum atomic E-state index is 12.9. The summed E-state index contributed by atoms with van der Waals surface area (Å²) < 4.78 is 35.0. The summed E-state index contributed by atoms with van der Waals surface area (Å²) in [5.74, 6) is 0.696. The molecule has 36 heavy (non-hydrogen) atoms. The van der Waals surface area contributed by atoms with Crippen molar-refractivity contribution < 1.29 is 17.9 Å². The van der Waals surface area contributed by atoms with Crippen LogP contribution in [0.1, 0.15) is 67.9 Å². The molecule has 2 aromatic rings. The molecule has 2 heterocycles. The predicted molar refractivity (Wildman–Crippen MR) is 143 cm³/mol. The number of ether oxygens (including phenoxy) is 1. The predicted octanol–water partition coefficient (Wildman–Crippen LogP) is 4.19. The first-order valence-corrected chi connectivity index (χ1v) is 14.5. The Kier molecular flexibility index (Phi) is 8.17. The van der Waals surface area contributed by atoms with Crippen LogP contribution in [0.4, 0.5) is 0 Å². The molecule has 1 atom stereocenters. The highest BCUT2D eigenvalue weighted by atomic mass is 32.2. The fourth-order valence-corrected chi connectivity index (χ4v) is 6.08. The number of benzene rings is 2. The molecular formula is C28H37N3O4S. The van der Waals surface area contributed by atoms with E-state index in [1.165, 1.54) is 0 Å². The molecule has 4 rings (SSSR count). The summed E-state index contributed by atoms with van der Waals surface area (Å²) in [6, 6.07) is 12.7. The second-order valence-electron chi connectivity index (χ2n) is 9.44. The van der Waals surface area contributed by atoms with Gasteiger partial charge in [0.1, 0.15) is 11.4 Å². The van der Waals surface area contributed by atoms with Gasteiger partial charge < -0.3 is 15.0 Å². The molecule has 0 radical (unpaired) electrons. The molecule has 1 unspecified atom stereocenters. The second-order valence-corrected chi connectivity index (χ2v) is 11.2. The van der Waals surface area contributed by atoms with E-state index in [1.54, 1.807) is 23.1 Å². The molecule has 1 amide bonds. The van der Waals surface area contributed by atoms with Crippen molar-refractivity contribution in [3.63, 3.8) is 0 Å². The van der Waals surface area contributed by atoms with E-state index in [-0.39, 0.29) is 10.8 Å². The van der Waals surface area contributed by atoms with Crippen LogP contribution in [0.15, 0.2) is 53.4 Å². The molecule has 2 N–H and O–H groups in total. The van der Waals surface area contributed by atoms with E-state index in [0.29, 0.717) is 37.4 Å². The van der Waals surface area contributed by atoms with Crippen LogP contribution >= 0.6 is 0 Å². The molecular weight excluding hydrogens is 474 g/mol. The van der Waals surface area contributed by atoms with E-state index in [1.807, 2.05) is 45.0 Å². The number of amides is 1. The third-order valence-electron chi connectivity index (χ3n) is 6.99. The van der Waals surface area contributed by atoms with Crippen LogP contribution in [0, 0.1) is 0 Å². The summed E-state index contributed by atoms with van der Waals surface area (Å²) in [4.78, 5) is 14.8. The molecule has 7 nitrogen and oxygen atoms in total. The first-order valence-electron chi connectivity index (χ1n) is 13.0. The Morgan fingerprint density at radius 3 is 2.50 bits per heavy atom. The quantitative estimate of drug-likeness (QED) is 0.555. The molecule has 0 saturated carbocycles. The van der Waals surface area contributed by atoms with E-state index in [4.69, 9.17) is 4.74 Å². The SMILES string of the molecule is CCCNS(=O)(=O)c1ccc2c(c1)C(c1ccc(C(=O)N(CC)CC)cc1)=CC1(CCCNCC1)O2. The molecule has 1 fully saturated rings. The minimum absolute atomic E-state index is 0.00889. The van der Waals surface area contributed by atoms with Crippen molar-refractivity contribution in [1.82, 2.24) is 14.9 Å². The highest BCUT2D eigenvalue weighted by Crippen LogP contribution is 2.43. The van der Waals surface area contributed by atoms with Crippen LogP contribution < -0.4 is 14.8 Å². The number of hydrogen-bond acceptors (Lipinski definition) is 5. The van der Waals surface area contributed by atoms with Gasteiger partial charge in [0.05, 0.1) is 4.90 Å². The first kappa shape index (κ1) is 26.4. The van der Waals surface area contributed by atoms with Gasteiger partial charge in [-0.15, -0.1) is 0 Å². The van der Waals surface area contributed by atoms with E-state index in [2.05, 4.69) is 16.1 Å². The van der Waals surface area contributed by atoms with Crippen molar-refractivity contribution >= 4 is 21.5 Å². The van der Waals surface area contributed by atoms with Gasteiger partial charge in [-0.1, -0.05) is 19.1 Å². The maximum absolute atomic E-state index is 12.9. The van der Waals surface area contributed by atoms with Crippen LogP contribution in [-0.2, 0) is 10.0 Å². The summed E-state index contributed by atoms with van der Waals surface area (Å²) in [5.41, 5.74) is 2.81. The number of nitrogens with one attached hydrogen (secondary N) is 2. The number of rotatable bonds is 8. The Labute approximate surface area is 215 Å². The Morgan fingerprint density at radius 1 is 1.06 bits per heavy atom. The van der Waals surface area contributed by atoms with Gasteiger partial charge in [-0.3, -0.25) is 4.79 Å². The first-order chi connectivity index (χ1) is 17.3. The summed E-state index contributed by atoms with van der Waals surface area (Å²) in [7, 11) is -3.63. The zero-order valence-corrected chi connectivity index (χ0v) is 22.3. The number of carbonyl (C=O) groups is 1. The van der Waals surface area contributed by atoms with Crippen LogP contribution in [0.3, 0.4) is 0 Å². The van der Waals surface area contributed by atoms with E-state index < -0.39 is 15.6 Å². The Morgan fingerprint density at radius 2 is 1.81 bits per heavy atom. The van der Waals surface area contributed by atoms with Crippen molar-refractivity contribution in [2.24, 2.45) is 0 Å². The van der Waals surface area contributed by atoms with Crippen LogP contribution in [0.2, 0.25) is 0 Å². The summed E-state index contributed by atoms with van der Waals surface area (Å²) >= 11 is 0. The van der Waals surface area contributed by atoms with Crippen molar-refractivity contribution in [3.05, 3.63) is 65.2 Å². The fourth-order valence-electron chi connectivity index (χ4n) is 4.92. The molecule has 194 valence electrons. The average Bonchev–Trinajstić information content (AvgIpc) is 3.12. The monoisotopic (exact) mass is 511 g/mol. The molecule has 2 aliphatic rings. The lowest BCUT2D eigenvalue weighted by Crippen LogP contribution is -2.37. The van der Waals surface area contributed by atoms with E-state index in [9.17, 15) is 13.2 Å². The van der Waals surface area contributed by atoms with Gasteiger partial charge in [-0.25, -0.2) is 13.1 Å². The van der Waals surface area contributed by atoms with Crippen molar-refractivity contribution in [2.45, 2.75) is 57.0 Å². The molecule has 2 aromatic carbocycles. The van der Waals surface area contributed by atoms with Crippen molar-refractivity contribution in [3.8, 4) is 5.75 Å². The van der Waals surface area contributed by atoms with Gasteiger partial charge in [-0.05, 0) is 93.7 Å². The Hall–Kier alpha value is -2.68. The van der Waals surface area contributed by atoms with Crippen molar-refractivity contribution in [2.75, 3.05) is 32.7 Å². The van der Waals surface area contributed by atoms with E-state index >= 15 is 0 Å². The number of fused-ring (bicyclic) bond motifs is 1. The van der Waals surface area contributed by atoms with Crippen molar-refractivity contribution in [1.29, 1.82) is 0 Å². The van der Waals surface area contributed by atoms with Gasteiger partial charge in [0, 0.05) is 37.2 Å². The van der Waals surface area contributed by atoms with Gasteiger partial charge in [-0.2, -0.15) is 0 Å². The minimum atomic E-state index is -3.63. The van der Waals surface area contributed by atoms with Gasteiger partial charge in [0.25, 0.3) is 5.91 Å². The highest BCUT2D eigenvalue weighted by Gasteiger charge is 2.37. The molecule has 0 aromatic heterocycles. The normalized spacial score (nSPS) is 19.7. The topological polar surface area (TPSA) is 87.7 Å². The van der Waals surface area contributed by atoms with Gasteiger partial charge in [0.2, 0.25) is 10.0 Å². The maximum Gasteiger partial charge on any atom is 0.253 e. The van der Waals surface area contributed by atoms with Crippen LogP contribution in [0.5, 0.6) is 5.75 Å². The number of nitrogens with zero attached hydrogens (tertiary/aromatic N) is 1. The van der Waals surface area contributed by atoms with Crippen LogP contribution in [0.25, 0.3) is 5.57 Å². The average molecular weight is 512 g/mol. The lowest BCUT2D eigenvalue weighted by Gasteiger charge is -2.36. The largest absolute Gasteiger partial charge is 0.482 e. The summed E-state index contributed by atoms with van der Waals surface area (Å²) in [6.45, 7) is 9.38. The summed E-state index contributed by atoms with van der Waals surface area (Å²) in [5, 5.41) is 3.45. The van der Waals surface area contributed by atoms with E-state index in [0.717, 1.165) is 49.1 Å². The molecule has 2 aliphatic heterocycles. The molecule has 8 heteroatoms. The van der Waals surface area contributed by atoms with Crippen LogP contribution in [-0.4, -0.2) is 57.5 Å². The third-order valence-corrected chi connectivity index (χ3v) is 8.44. The minimum Gasteiger partial charge on any atom is -0.482 e. The number of carbonyl (C=O) groups excluding carboxylic acids is 1. The van der Waals surface area contributed by atoms with Gasteiger partial charge in [0.15, 0.2) is 0 Å². The lowest BCUT2D eigenvalue weighted by atomic mass is 9.84. The number of hydrogen-bond donors (Lipinski definition) is 2. The third kappa shape index (κ3) is 5.51.